The van der Waals surface area contributed by atoms with Gasteiger partial charge in [0.15, 0.2) is 0 Å². The lowest BCUT2D eigenvalue weighted by molar-refractivity contribution is -0.128. The van der Waals surface area contributed by atoms with Gasteiger partial charge in [-0.3, -0.25) is 19.2 Å². The molecule has 0 aliphatic carbocycles. The molecule has 4 amide bonds. The summed E-state index contributed by atoms with van der Waals surface area (Å²) in [4.78, 5) is 55.1. The van der Waals surface area contributed by atoms with Gasteiger partial charge in [-0.1, -0.05) is 134 Å². The molecule has 0 saturated carbocycles. The standard InChI is InChI=1S/C50H54Cl4N4O4S/c1-31(2)33-13-5-7-15-35(33)39-29-41(49(53)47(51)37(39)19-21-43(59)55-23-11-27-57-25-9-17-45(57)61)63-42-30-40(36-16-8-6-14-34(36)32(3)4)38(48(52)50(42)54)20-22-44(60)56-24-12-28-58-26-10-18-46(58)62/h5-8,13-16,19-22,29-32H,9-12,17-18,23-28H2,1-4H3,(H,55,59)(H,56,60). The maximum atomic E-state index is 13.1. The van der Waals surface area contributed by atoms with Crippen LogP contribution in [0.2, 0.25) is 20.1 Å². The summed E-state index contributed by atoms with van der Waals surface area (Å²) >= 11 is 30.0. The van der Waals surface area contributed by atoms with Crippen molar-refractivity contribution in [3.63, 3.8) is 0 Å². The summed E-state index contributed by atoms with van der Waals surface area (Å²) in [5.74, 6) is 0.113. The Balaban J connectivity index is 1.33. The Morgan fingerprint density at radius 3 is 1.38 bits per heavy atom. The topological polar surface area (TPSA) is 98.8 Å². The van der Waals surface area contributed by atoms with E-state index in [9.17, 15) is 19.2 Å². The van der Waals surface area contributed by atoms with Crippen LogP contribution in [0.3, 0.4) is 0 Å². The van der Waals surface area contributed by atoms with E-state index in [1.54, 1.807) is 12.2 Å². The van der Waals surface area contributed by atoms with Gasteiger partial charge in [-0.2, -0.15) is 0 Å². The molecule has 332 valence electrons. The van der Waals surface area contributed by atoms with Gasteiger partial charge in [0.25, 0.3) is 0 Å². The number of carbonyl (C=O) groups excluding carboxylic acids is 4. The third-order valence-corrected chi connectivity index (χ3v) is 14.4. The van der Waals surface area contributed by atoms with Gasteiger partial charge in [-0.15, -0.1) is 0 Å². The second kappa shape index (κ2) is 22.6. The molecule has 8 nitrogen and oxygen atoms in total. The fourth-order valence-corrected chi connectivity index (χ4v) is 10.2. The maximum absolute atomic E-state index is 13.1. The monoisotopic (exact) mass is 946 g/mol. The number of benzene rings is 4. The summed E-state index contributed by atoms with van der Waals surface area (Å²) in [6, 6.07) is 20.2. The normalized spacial score (nSPS) is 14.4. The molecule has 2 aliphatic heterocycles. The van der Waals surface area contributed by atoms with Gasteiger partial charge in [0.2, 0.25) is 23.6 Å². The molecule has 0 radical (unpaired) electrons. The average molecular weight is 949 g/mol. The van der Waals surface area contributed by atoms with E-state index in [0.717, 1.165) is 59.3 Å². The van der Waals surface area contributed by atoms with E-state index in [0.29, 0.717) is 72.8 Å². The van der Waals surface area contributed by atoms with E-state index in [4.69, 9.17) is 46.4 Å². The third-order valence-electron chi connectivity index (χ3n) is 11.3. The lowest BCUT2D eigenvalue weighted by atomic mass is 9.90. The van der Waals surface area contributed by atoms with Crippen molar-refractivity contribution in [1.82, 2.24) is 20.4 Å². The molecule has 4 aromatic rings. The smallest absolute Gasteiger partial charge is 0.244 e. The Morgan fingerprint density at radius 2 is 1.02 bits per heavy atom. The third kappa shape index (κ3) is 12.1. The van der Waals surface area contributed by atoms with Crippen LogP contribution in [-0.2, 0) is 19.2 Å². The molecule has 13 heteroatoms. The molecule has 0 aromatic heterocycles. The molecule has 0 unspecified atom stereocenters. The van der Waals surface area contributed by atoms with Crippen LogP contribution < -0.4 is 10.6 Å². The second-order valence-electron chi connectivity index (χ2n) is 16.4. The first-order chi connectivity index (χ1) is 30.2. The SMILES string of the molecule is CC(C)c1ccccc1-c1cc(Sc2cc(-c3ccccc3C(C)C)c(C=CC(=O)NCCCN3CCCC3=O)c(Cl)c2Cl)c(Cl)c(Cl)c1C=CC(=O)NCCCN1CCCC1=O. The number of hydrogen-bond donors (Lipinski definition) is 2. The second-order valence-corrected chi connectivity index (χ2v) is 19.0. The summed E-state index contributed by atoms with van der Waals surface area (Å²) in [6.07, 6.45) is 10.6. The first kappa shape index (κ1) is 48.2. The summed E-state index contributed by atoms with van der Waals surface area (Å²) < 4.78 is 0. The van der Waals surface area contributed by atoms with Crippen LogP contribution in [0.5, 0.6) is 0 Å². The summed E-state index contributed by atoms with van der Waals surface area (Å²) in [7, 11) is 0. The number of carbonyl (C=O) groups is 4. The van der Waals surface area contributed by atoms with Crippen molar-refractivity contribution < 1.29 is 19.2 Å². The van der Waals surface area contributed by atoms with Crippen molar-refractivity contribution in [2.24, 2.45) is 0 Å². The van der Waals surface area contributed by atoms with Crippen molar-refractivity contribution >= 4 is 93.9 Å². The van der Waals surface area contributed by atoms with Gasteiger partial charge in [-0.05, 0) is 95.2 Å². The summed E-state index contributed by atoms with van der Waals surface area (Å²) in [5.41, 5.74) is 6.85. The van der Waals surface area contributed by atoms with E-state index in [2.05, 4.69) is 50.5 Å². The number of nitrogens with zero attached hydrogens (tertiary/aromatic N) is 2. The Bertz CT molecular complexity index is 2250. The number of likely N-dealkylation sites (tertiary alicyclic amines) is 2. The molecular formula is C50H54Cl4N4O4S. The number of amides is 4. The zero-order valence-corrected chi connectivity index (χ0v) is 40.0. The number of nitrogens with one attached hydrogen (secondary N) is 2. The molecule has 6 rings (SSSR count). The molecular weight excluding hydrogens is 894 g/mol. The predicted molar refractivity (Wildman–Crippen MR) is 261 cm³/mol. The van der Waals surface area contributed by atoms with Crippen LogP contribution >= 0.6 is 58.2 Å². The highest BCUT2D eigenvalue weighted by Crippen LogP contribution is 2.50. The zero-order chi connectivity index (χ0) is 45.2. The van der Waals surface area contributed by atoms with Gasteiger partial charge >= 0.3 is 0 Å². The molecule has 2 N–H and O–H groups in total. The first-order valence-corrected chi connectivity index (χ1v) is 24.0. The van der Waals surface area contributed by atoms with E-state index in [-0.39, 0.29) is 55.6 Å². The minimum Gasteiger partial charge on any atom is -0.352 e. The van der Waals surface area contributed by atoms with Crippen molar-refractivity contribution in [3.05, 3.63) is 115 Å². The highest BCUT2D eigenvalue weighted by atomic mass is 35.5. The van der Waals surface area contributed by atoms with Gasteiger partial charge in [0.1, 0.15) is 0 Å². The number of hydrogen-bond acceptors (Lipinski definition) is 5. The molecule has 2 fully saturated rings. The highest BCUT2D eigenvalue weighted by Gasteiger charge is 2.24. The Morgan fingerprint density at radius 1 is 0.619 bits per heavy atom. The molecule has 2 aliphatic rings. The highest BCUT2D eigenvalue weighted by molar-refractivity contribution is 7.99. The number of halogens is 4. The molecule has 2 saturated heterocycles. The summed E-state index contributed by atoms with van der Waals surface area (Å²) in [5, 5.41) is 6.99. The van der Waals surface area contributed by atoms with Gasteiger partial charge < -0.3 is 20.4 Å². The van der Waals surface area contributed by atoms with Gasteiger partial charge in [0.05, 0.1) is 20.1 Å². The van der Waals surface area contributed by atoms with Crippen LogP contribution in [0.4, 0.5) is 0 Å². The Labute approximate surface area is 395 Å². The average Bonchev–Trinajstić information content (AvgIpc) is 3.89. The minimum absolute atomic E-state index is 0.164. The molecule has 0 atom stereocenters. The lowest BCUT2D eigenvalue weighted by Crippen LogP contribution is -2.29. The van der Waals surface area contributed by atoms with E-state index < -0.39 is 0 Å². The first-order valence-electron chi connectivity index (χ1n) is 21.6. The van der Waals surface area contributed by atoms with Crippen LogP contribution in [0.15, 0.2) is 82.6 Å². The molecule has 0 spiro atoms. The van der Waals surface area contributed by atoms with Crippen LogP contribution in [0, 0.1) is 0 Å². The van der Waals surface area contributed by atoms with Gasteiger partial charge in [-0.25, -0.2) is 0 Å². The van der Waals surface area contributed by atoms with Crippen molar-refractivity contribution in [2.45, 2.75) is 87.8 Å². The van der Waals surface area contributed by atoms with Crippen LogP contribution in [0.1, 0.15) is 100 Å². The molecule has 0 bridgehead atoms. The maximum Gasteiger partial charge on any atom is 0.244 e. The minimum atomic E-state index is -0.283. The quantitative estimate of drug-likeness (QED) is 0.0765. The van der Waals surface area contributed by atoms with E-state index in [1.165, 1.54) is 23.9 Å². The van der Waals surface area contributed by atoms with E-state index >= 15 is 0 Å². The van der Waals surface area contributed by atoms with Crippen molar-refractivity contribution in [2.75, 3.05) is 39.3 Å². The van der Waals surface area contributed by atoms with Crippen LogP contribution in [-0.4, -0.2) is 72.7 Å². The summed E-state index contributed by atoms with van der Waals surface area (Å²) in [6.45, 7) is 12.1. The zero-order valence-electron chi connectivity index (χ0n) is 36.2. The van der Waals surface area contributed by atoms with E-state index in [1.807, 2.05) is 58.3 Å². The van der Waals surface area contributed by atoms with Crippen molar-refractivity contribution in [1.29, 1.82) is 0 Å². The van der Waals surface area contributed by atoms with Crippen LogP contribution in [0.25, 0.3) is 34.4 Å². The fourth-order valence-electron chi connectivity index (χ4n) is 8.04. The number of rotatable bonds is 18. The predicted octanol–water partition coefficient (Wildman–Crippen LogP) is 12.3. The molecule has 63 heavy (non-hydrogen) atoms. The van der Waals surface area contributed by atoms with Gasteiger partial charge in [0, 0.05) is 85.2 Å². The molecule has 2 heterocycles. The van der Waals surface area contributed by atoms with Crippen molar-refractivity contribution in [3.8, 4) is 22.3 Å². The Kier molecular flexibility index (Phi) is 17.3. The fraction of sp³-hybridized carbons (Fsp3) is 0.360. The Hall–Kier alpha value is -4.25. The molecule has 4 aromatic carbocycles. The lowest BCUT2D eigenvalue weighted by Gasteiger charge is -2.20. The largest absolute Gasteiger partial charge is 0.352 e.